The zero-order valence-corrected chi connectivity index (χ0v) is 15.1. The molecule has 4 rings (SSSR count). The summed E-state index contributed by atoms with van der Waals surface area (Å²) in [5, 5.41) is 3.67. The molecule has 3 aliphatic heterocycles. The molecule has 2 bridgehead atoms. The summed E-state index contributed by atoms with van der Waals surface area (Å²) in [5.41, 5.74) is 1.40. The molecule has 0 saturated carbocycles. The zero-order valence-electron chi connectivity index (χ0n) is 14.3. The fourth-order valence-electron chi connectivity index (χ4n) is 4.89. The second-order valence-electron chi connectivity index (χ2n) is 7.86. The number of nitrogens with zero attached hydrogens (tertiary/aromatic N) is 1. The number of carbonyl (C=O) groups is 1. The van der Waals surface area contributed by atoms with Crippen molar-refractivity contribution in [1.29, 1.82) is 0 Å². The highest BCUT2D eigenvalue weighted by Gasteiger charge is 2.35. The number of nitrogens with one attached hydrogen (secondary N) is 1. The van der Waals surface area contributed by atoms with Crippen LogP contribution in [0.4, 0.5) is 0 Å². The summed E-state index contributed by atoms with van der Waals surface area (Å²) in [6, 6.07) is 12.1. The molecule has 3 fully saturated rings. The Kier molecular flexibility index (Phi) is 5.83. The molecule has 3 saturated heterocycles. The van der Waals surface area contributed by atoms with Gasteiger partial charge in [-0.25, -0.2) is 0 Å². The van der Waals surface area contributed by atoms with E-state index in [1.54, 1.807) is 0 Å². The van der Waals surface area contributed by atoms with Crippen LogP contribution < -0.4 is 5.32 Å². The Bertz CT molecular complexity index is 538. The van der Waals surface area contributed by atoms with Crippen molar-refractivity contribution in [2.75, 3.05) is 13.1 Å². The van der Waals surface area contributed by atoms with E-state index in [-0.39, 0.29) is 12.4 Å². The Labute approximate surface area is 151 Å². The second kappa shape index (κ2) is 7.88. The molecule has 3 aliphatic rings. The molecule has 3 atom stereocenters. The standard InChI is InChI=1S/C20H28N2O.ClH/c23-20(13-17-11-18-6-7-19(12-17)21-18)22-9-8-16(14-22)10-15-4-2-1-3-5-15;/h1-5,16-19,21H,6-14H2;1H. The molecular weight excluding hydrogens is 320 g/mol. The second-order valence-corrected chi connectivity index (χ2v) is 7.86. The smallest absolute Gasteiger partial charge is 0.222 e. The molecular formula is C20H29ClN2O. The largest absolute Gasteiger partial charge is 0.342 e. The number of amides is 1. The Balaban J connectivity index is 0.00000169. The highest BCUT2D eigenvalue weighted by Crippen LogP contribution is 2.33. The van der Waals surface area contributed by atoms with E-state index >= 15 is 0 Å². The summed E-state index contributed by atoms with van der Waals surface area (Å²) in [5.74, 6) is 1.67. The SMILES string of the molecule is Cl.O=C(CC1CC2CCC(C1)N2)N1CCC(Cc2ccccc2)C1. The molecule has 1 amide bonds. The molecule has 0 aliphatic carbocycles. The van der Waals surface area contributed by atoms with E-state index in [2.05, 4.69) is 40.5 Å². The van der Waals surface area contributed by atoms with Crippen molar-refractivity contribution >= 4 is 18.3 Å². The van der Waals surface area contributed by atoms with Gasteiger partial charge in [-0.05, 0) is 55.9 Å². The first-order chi connectivity index (χ1) is 11.3. The van der Waals surface area contributed by atoms with Gasteiger partial charge in [0.1, 0.15) is 0 Å². The lowest BCUT2D eigenvalue weighted by atomic mass is 9.89. The third-order valence-electron chi connectivity index (χ3n) is 6.04. The molecule has 0 spiro atoms. The Hall–Kier alpha value is -1.06. The van der Waals surface area contributed by atoms with Crippen LogP contribution in [0.2, 0.25) is 0 Å². The minimum absolute atomic E-state index is 0. The molecule has 0 aromatic heterocycles. The average molecular weight is 349 g/mol. The van der Waals surface area contributed by atoms with Crippen LogP contribution in [-0.2, 0) is 11.2 Å². The van der Waals surface area contributed by atoms with Gasteiger partial charge in [0.15, 0.2) is 0 Å². The third kappa shape index (κ3) is 4.12. The van der Waals surface area contributed by atoms with E-state index in [9.17, 15) is 4.79 Å². The van der Waals surface area contributed by atoms with Crippen molar-refractivity contribution in [3.05, 3.63) is 35.9 Å². The van der Waals surface area contributed by atoms with Crippen LogP contribution in [-0.4, -0.2) is 36.0 Å². The first-order valence-electron chi connectivity index (χ1n) is 9.34. The molecule has 3 heterocycles. The number of likely N-dealkylation sites (tertiary alicyclic amines) is 1. The molecule has 3 nitrogen and oxygen atoms in total. The number of benzene rings is 1. The van der Waals surface area contributed by atoms with Gasteiger partial charge in [0, 0.05) is 31.6 Å². The Morgan fingerprint density at radius 1 is 1.04 bits per heavy atom. The molecule has 3 unspecified atom stereocenters. The van der Waals surface area contributed by atoms with Gasteiger partial charge in [-0.3, -0.25) is 4.79 Å². The van der Waals surface area contributed by atoms with Crippen LogP contribution >= 0.6 is 12.4 Å². The van der Waals surface area contributed by atoms with Gasteiger partial charge in [0.2, 0.25) is 5.91 Å². The first kappa shape index (κ1) is 17.8. The Morgan fingerprint density at radius 3 is 2.46 bits per heavy atom. The normalized spacial score (nSPS) is 31.8. The van der Waals surface area contributed by atoms with Crippen molar-refractivity contribution in [1.82, 2.24) is 10.2 Å². The maximum atomic E-state index is 12.7. The van der Waals surface area contributed by atoms with E-state index in [0.717, 1.165) is 32.4 Å². The number of hydrogen-bond donors (Lipinski definition) is 1. The quantitative estimate of drug-likeness (QED) is 0.904. The lowest BCUT2D eigenvalue weighted by Gasteiger charge is -2.30. The van der Waals surface area contributed by atoms with Crippen LogP contribution in [0, 0.1) is 11.8 Å². The minimum Gasteiger partial charge on any atom is -0.342 e. The van der Waals surface area contributed by atoms with E-state index in [4.69, 9.17) is 0 Å². The lowest BCUT2D eigenvalue weighted by Crippen LogP contribution is -2.40. The highest BCUT2D eigenvalue weighted by atomic mass is 35.5. The zero-order chi connectivity index (χ0) is 15.6. The van der Waals surface area contributed by atoms with Gasteiger partial charge in [-0.15, -0.1) is 12.4 Å². The molecule has 1 aromatic rings. The first-order valence-corrected chi connectivity index (χ1v) is 9.34. The fraction of sp³-hybridized carbons (Fsp3) is 0.650. The molecule has 4 heteroatoms. The number of carbonyl (C=O) groups excluding carboxylic acids is 1. The van der Waals surface area contributed by atoms with Crippen LogP contribution in [0.1, 0.15) is 44.1 Å². The minimum atomic E-state index is 0. The maximum absolute atomic E-state index is 12.7. The summed E-state index contributed by atoms with van der Waals surface area (Å²) in [6.07, 6.45) is 8.12. The van der Waals surface area contributed by atoms with Gasteiger partial charge in [-0.2, -0.15) is 0 Å². The summed E-state index contributed by atoms with van der Waals surface area (Å²) < 4.78 is 0. The summed E-state index contributed by atoms with van der Waals surface area (Å²) in [7, 11) is 0. The van der Waals surface area contributed by atoms with Gasteiger partial charge >= 0.3 is 0 Å². The van der Waals surface area contributed by atoms with E-state index in [0.29, 0.717) is 29.8 Å². The Morgan fingerprint density at radius 2 is 1.75 bits per heavy atom. The number of rotatable bonds is 4. The highest BCUT2D eigenvalue weighted by molar-refractivity contribution is 5.85. The van der Waals surface area contributed by atoms with Crippen molar-refractivity contribution < 1.29 is 4.79 Å². The van der Waals surface area contributed by atoms with Gasteiger partial charge in [0.25, 0.3) is 0 Å². The van der Waals surface area contributed by atoms with Gasteiger partial charge in [-0.1, -0.05) is 30.3 Å². The van der Waals surface area contributed by atoms with Gasteiger partial charge < -0.3 is 10.2 Å². The lowest BCUT2D eigenvalue weighted by molar-refractivity contribution is -0.131. The molecule has 24 heavy (non-hydrogen) atoms. The summed E-state index contributed by atoms with van der Waals surface area (Å²) >= 11 is 0. The number of fused-ring (bicyclic) bond motifs is 2. The molecule has 1 N–H and O–H groups in total. The van der Waals surface area contributed by atoms with E-state index in [1.165, 1.54) is 31.2 Å². The number of halogens is 1. The average Bonchev–Trinajstić information content (AvgIpc) is 3.15. The van der Waals surface area contributed by atoms with Crippen molar-refractivity contribution in [3.8, 4) is 0 Å². The van der Waals surface area contributed by atoms with Crippen LogP contribution in [0.15, 0.2) is 30.3 Å². The molecule has 132 valence electrons. The van der Waals surface area contributed by atoms with Crippen molar-refractivity contribution in [2.24, 2.45) is 11.8 Å². The van der Waals surface area contributed by atoms with Gasteiger partial charge in [0.05, 0.1) is 0 Å². The third-order valence-corrected chi connectivity index (χ3v) is 6.04. The van der Waals surface area contributed by atoms with Crippen molar-refractivity contribution in [3.63, 3.8) is 0 Å². The van der Waals surface area contributed by atoms with Crippen LogP contribution in [0.5, 0.6) is 0 Å². The van der Waals surface area contributed by atoms with Crippen molar-refractivity contribution in [2.45, 2.75) is 57.0 Å². The maximum Gasteiger partial charge on any atom is 0.222 e. The predicted octanol–water partition coefficient (Wildman–Crippen LogP) is 3.42. The summed E-state index contributed by atoms with van der Waals surface area (Å²) in [6.45, 7) is 1.93. The number of piperidine rings is 1. The van der Waals surface area contributed by atoms with Crippen LogP contribution in [0.25, 0.3) is 0 Å². The summed E-state index contributed by atoms with van der Waals surface area (Å²) in [4.78, 5) is 14.8. The number of hydrogen-bond acceptors (Lipinski definition) is 2. The van der Waals surface area contributed by atoms with E-state index in [1.807, 2.05) is 0 Å². The molecule has 1 aromatic carbocycles. The monoisotopic (exact) mass is 348 g/mol. The van der Waals surface area contributed by atoms with E-state index < -0.39 is 0 Å². The van der Waals surface area contributed by atoms with Crippen LogP contribution in [0.3, 0.4) is 0 Å². The predicted molar refractivity (Wildman–Crippen MR) is 99.4 cm³/mol. The molecule has 0 radical (unpaired) electrons. The fourth-order valence-corrected chi connectivity index (χ4v) is 4.89. The topological polar surface area (TPSA) is 32.3 Å².